The first kappa shape index (κ1) is 16.5. The lowest BCUT2D eigenvalue weighted by atomic mass is 10.1. The van der Waals surface area contributed by atoms with Gasteiger partial charge in [-0.2, -0.15) is 10.2 Å². The summed E-state index contributed by atoms with van der Waals surface area (Å²) in [6, 6.07) is 17.0. The summed E-state index contributed by atoms with van der Waals surface area (Å²) in [5, 5.41) is 13.0. The van der Waals surface area contributed by atoms with E-state index in [4.69, 9.17) is 19.3 Å². The summed E-state index contributed by atoms with van der Waals surface area (Å²) in [6.45, 7) is 1.82. The fourth-order valence-electron chi connectivity index (χ4n) is 2.36. The smallest absolute Gasteiger partial charge is 0.267 e. The maximum atomic E-state index is 8.95. The molecule has 2 aromatic carbocycles. The van der Waals surface area contributed by atoms with Crippen molar-refractivity contribution in [2.75, 3.05) is 7.11 Å². The van der Waals surface area contributed by atoms with Crippen LogP contribution in [0.5, 0.6) is 11.5 Å². The lowest BCUT2D eigenvalue weighted by Crippen LogP contribution is -2.05. The van der Waals surface area contributed by atoms with Gasteiger partial charge in [-0.05, 0) is 24.6 Å². The molecule has 0 saturated carbocycles. The number of benzene rings is 2. The minimum atomic E-state index is -0.446. The van der Waals surface area contributed by atoms with E-state index in [2.05, 4.69) is 16.2 Å². The molecule has 0 fully saturated rings. The van der Waals surface area contributed by atoms with E-state index in [0.717, 1.165) is 5.56 Å². The Kier molecular flexibility index (Phi) is 4.95. The number of aromatic nitrogens is 2. The first-order valence-electron chi connectivity index (χ1n) is 7.81. The van der Waals surface area contributed by atoms with Crippen molar-refractivity contribution in [2.45, 2.75) is 19.4 Å². The molecule has 0 saturated heterocycles. The van der Waals surface area contributed by atoms with E-state index < -0.39 is 6.10 Å². The van der Waals surface area contributed by atoms with E-state index in [1.807, 2.05) is 37.3 Å². The van der Waals surface area contributed by atoms with Crippen molar-refractivity contribution in [3.8, 4) is 17.6 Å². The van der Waals surface area contributed by atoms with Crippen molar-refractivity contribution in [1.82, 2.24) is 10.1 Å². The Balaban J connectivity index is 1.72. The number of ether oxygens (including phenoxy) is 2. The average molecular weight is 335 g/mol. The Morgan fingerprint density at radius 3 is 2.68 bits per heavy atom. The molecule has 0 N–H and O–H groups in total. The van der Waals surface area contributed by atoms with E-state index in [1.165, 1.54) is 7.11 Å². The predicted octanol–water partition coefficient (Wildman–Crippen LogP) is 3.68. The van der Waals surface area contributed by atoms with Crippen LogP contribution in [0.25, 0.3) is 0 Å². The van der Waals surface area contributed by atoms with Crippen LogP contribution in [0.1, 0.15) is 35.9 Å². The van der Waals surface area contributed by atoms with Gasteiger partial charge in [0.15, 0.2) is 23.4 Å². The monoisotopic (exact) mass is 335 g/mol. The molecule has 0 aliphatic heterocycles. The van der Waals surface area contributed by atoms with Gasteiger partial charge in [0, 0.05) is 12.5 Å². The lowest BCUT2D eigenvalue weighted by molar-refractivity contribution is 0.169. The van der Waals surface area contributed by atoms with Gasteiger partial charge in [-0.1, -0.05) is 35.5 Å². The third kappa shape index (κ3) is 3.96. The highest BCUT2D eigenvalue weighted by molar-refractivity contribution is 5.46. The molecule has 126 valence electrons. The van der Waals surface area contributed by atoms with Crippen LogP contribution < -0.4 is 9.47 Å². The van der Waals surface area contributed by atoms with Crippen molar-refractivity contribution < 1.29 is 14.0 Å². The third-order valence-electron chi connectivity index (χ3n) is 3.63. The zero-order valence-corrected chi connectivity index (χ0v) is 14.0. The lowest BCUT2D eigenvalue weighted by Gasteiger charge is -2.14. The second-order valence-electron chi connectivity index (χ2n) is 5.45. The van der Waals surface area contributed by atoms with Gasteiger partial charge in [0.2, 0.25) is 0 Å². The largest absolute Gasteiger partial charge is 0.493 e. The molecule has 0 amide bonds. The number of hydrogen-bond donors (Lipinski definition) is 0. The highest BCUT2D eigenvalue weighted by Crippen LogP contribution is 2.31. The highest BCUT2D eigenvalue weighted by Gasteiger charge is 2.18. The number of nitrogens with zero attached hydrogens (tertiary/aromatic N) is 3. The van der Waals surface area contributed by atoms with Crippen molar-refractivity contribution in [2.24, 2.45) is 0 Å². The summed E-state index contributed by atoms with van der Waals surface area (Å²) in [4.78, 5) is 4.39. The number of methoxy groups -OCH3 is 1. The summed E-state index contributed by atoms with van der Waals surface area (Å²) in [6.07, 6.45) is 0.149. The quantitative estimate of drug-likeness (QED) is 0.683. The van der Waals surface area contributed by atoms with E-state index >= 15 is 0 Å². The maximum absolute atomic E-state index is 8.95. The molecule has 0 unspecified atom stereocenters. The molecule has 1 atom stereocenters. The molecule has 0 radical (unpaired) electrons. The summed E-state index contributed by atoms with van der Waals surface area (Å²) < 4.78 is 16.4. The predicted molar refractivity (Wildman–Crippen MR) is 90.3 cm³/mol. The van der Waals surface area contributed by atoms with Gasteiger partial charge in [-0.15, -0.1) is 0 Å². The molecule has 0 aliphatic rings. The highest BCUT2D eigenvalue weighted by atomic mass is 16.5. The topological polar surface area (TPSA) is 81.2 Å². The van der Waals surface area contributed by atoms with Gasteiger partial charge in [-0.25, -0.2) is 0 Å². The summed E-state index contributed by atoms with van der Waals surface area (Å²) in [5.74, 6) is 1.98. The SMILES string of the molecule is COc1cc(C#N)ccc1O[C@H](C)c1nc(Cc2ccccc2)no1. The molecular weight excluding hydrogens is 318 g/mol. The molecule has 0 aliphatic carbocycles. The van der Waals surface area contributed by atoms with Crippen LogP contribution in [0.2, 0.25) is 0 Å². The molecule has 1 aromatic heterocycles. The normalized spacial score (nSPS) is 11.6. The minimum absolute atomic E-state index is 0.386. The molecule has 3 aromatic rings. The van der Waals surface area contributed by atoms with Gasteiger partial charge in [-0.3, -0.25) is 0 Å². The first-order chi connectivity index (χ1) is 12.2. The summed E-state index contributed by atoms with van der Waals surface area (Å²) >= 11 is 0. The van der Waals surface area contributed by atoms with Gasteiger partial charge >= 0.3 is 0 Å². The van der Waals surface area contributed by atoms with Crippen molar-refractivity contribution >= 4 is 0 Å². The van der Waals surface area contributed by atoms with Crippen LogP contribution in [0.15, 0.2) is 53.1 Å². The fourth-order valence-corrected chi connectivity index (χ4v) is 2.36. The Morgan fingerprint density at radius 1 is 1.16 bits per heavy atom. The van der Waals surface area contributed by atoms with E-state index in [1.54, 1.807) is 18.2 Å². The van der Waals surface area contributed by atoms with Gasteiger partial charge in [0.05, 0.1) is 18.7 Å². The second kappa shape index (κ2) is 7.49. The molecule has 1 heterocycles. The average Bonchev–Trinajstić information content (AvgIpc) is 3.11. The molecule has 25 heavy (non-hydrogen) atoms. The van der Waals surface area contributed by atoms with Gasteiger partial charge < -0.3 is 14.0 Å². The summed E-state index contributed by atoms with van der Waals surface area (Å²) in [5.41, 5.74) is 1.61. The van der Waals surface area contributed by atoms with Crippen LogP contribution in [0.3, 0.4) is 0 Å². The van der Waals surface area contributed by atoms with Crippen LogP contribution in [0.4, 0.5) is 0 Å². The molecular formula is C19H17N3O3. The molecule has 6 nitrogen and oxygen atoms in total. The van der Waals surface area contributed by atoms with E-state index in [0.29, 0.717) is 35.2 Å². The number of rotatable bonds is 6. The standard InChI is InChI=1S/C19H17N3O3/c1-13(24-16-9-8-15(12-20)10-17(16)23-2)19-21-18(22-25-19)11-14-6-4-3-5-7-14/h3-10,13H,11H2,1-2H3/t13-/m1/s1. The Hall–Kier alpha value is -3.33. The molecule has 0 spiro atoms. The van der Waals surface area contributed by atoms with Crippen LogP contribution in [0, 0.1) is 11.3 Å². The van der Waals surface area contributed by atoms with Crippen LogP contribution in [-0.4, -0.2) is 17.3 Å². The van der Waals surface area contributed by atoms with Gasteiger partial charge in [0.25, 0.3) is 5.89 Å². The van der Waals surface area contributed by atoms with Crippen molar-refractivity contribution in [3.63, 3.8) is 0 Å². The fraction of sp³-hybridized carbons (Fsp3) is 0.211. The Labute approximate surface area is 145 Å². The van der Waals surface area contributed by atoms with Crippen molar-refractivity contribution in [1.29, 1.82) is 5.26 Å². The van der Waals surface area contributed by atoms with Crippen LogP contribution in [-0.2, 0) is 6.42 Å². The molecule has 3 rings (SSSR count). The Bertz CT molecular complexity index is 884. The minimum Gasteiger partial charge on any atom is -0.493 e. The first-order valence-corrected chi connectivity index (χ1v) is 7.81. The van der Waals surface area contributed by atoms with Crippen molar-refractivity contribution in [3.05, 3.63) is 71.4 Å². The molecule has 6 heteroatoms. The maximum Gasteiger partial charge on any atom is 0.267 e. The second-order valence-corrected chi connectivity index (χ2v) is 5.45. The van der Waals surface area contributed by atoms with E-state index in [-0.39, 0.29) is 0 Å². The van der Waals surface area contributed by atoms with Crippen LogP contribution >= 0.6 is 0 Å². The van der Waals surface area contributed by atoms with Gasteiger partial charge in [0.1, 0.15) is 0 Å². The summed E-state index contributed by atoms with van der Waals surface area (Å²) in [7, 11) is 1.53. The number of hydrogen-bond acceptors (Lipinski definition) is 6. The molecule has 0 bridgehead atoms. The third-order valence-corrected chi connectivity index (χ3v) is 3.63. The number of nitriles is 1. The zero-order valence-electron chi connectivity index (χ0n) is 14.0. The van der Waals surface area contributed by atoms with E-state index in [9.17, 15) is 0 Å². The Morgan fingerprint density at radius 2 is 1.96 bits per heavy atom. The zero-order chi connectivity index (χ0) is 17.6.